The Labute approximate surface area is 123 Å². The van der Waals surface area contributed by atoms with Crippen molar-refractivity contribution < 1.29 is 28.0 Å². The Bertz CT molecular complexity index is 232. The summed E-state index contributed by atoms with van der Waals surface area (Å²) in [5.41, 5.74) is 0. The first kappa shape index (κ1) is 22.3. The molecule has 0 aromatic heterocycles. The highest BCUT2D eigenvalue weighted by atomic mass is 31.1. The lowest BCUT2D eigenvalue weighted by Crippen LogP contribution is -2.07. The summed E-state index contributed by atoms with van der Waals surface area (Å²) in [5.74, 6) is 0.992. The van der Waals surface area contributed by atoms with Gasteiger partial charge in [-0.1, -0.05) is 53.4 Å². The summed E-state index contributed by atoms with van der Waals surface area (Å²) >= 11 is 0. The standard InChI is InChI=1S/C12H26O3P.HO3P/c1-5-11(6-2)9-14-16(13)15-10-12(7-3)8-4;1-4(2)3/h11-12H,5-10H2,1-4H3;(H-,1,2,3)/q+1;/p+1. The Hall–Kier alpha value is 0.0400. The molecule has 0 saturated carbocycles. The SMILES string of the molecule is CCC(CC)CO[P+](=O)OCC(CC)CC.O=[P+](O)O. The second-order valence-electron chi connectivity index (χ2n) is 4.43. The summed E-state index contributed by atoms with van der Waals surface area (Å²) in [6.45, 7) is 9.58. The minimum Gasteiger partial charge on any atom is -0.134 e. The van der Waals surface area contributed by atoms with E-state index in [9.17, 15) is 4.57 Å². The molecule has 0 radical (unpaired) electrons. The lowest BCUT2D eigenvalue weighted by Gasteiger charge is -2.07. The van der Waals surface area contributed by atoms with Crippen molar-refractivity contribution in [2.75, 3.05) is 13.2 Å². The quantitative estimate of drug-likeness (QED) is 0.584. The van der Waals surface area contributed by atoms with Crippen molar-refractivity contribution in [2.24, 2.45) is 11.8 Å². The molecular weight excluding hydrogens is 302 g/mol. The third-order valence-electron chi connectivity index (χ3n) is 3.14. The van der Waals surface area contributed by atoms with Gasteiger partial charge in [0.05, 0.1) is 0 Å². The van der Waals surface area contributed by atoms with Crippen molar-refractivity contribution in [3.05, 3.63) is 0 Å². The summed E-state index contributed by atoms with van der Waals surface area (Å²) in [6.07, 6.45) is 4.25. The van der Waals surface area contributed by atoms with E-state index in [-0.39, 0.29) is 0 Å². The summed E-state index contributed by atoms with van der Waals surface area (Å²) in [7, 11) is -4.79. The molecule has 8 heteroatoms. The van der Waals surface area contributed by atoms with Crippen LogP contribution >= 0.6 is 16.5 Å². The Kier molecular flexibility index (Phi) is 17.2. The van der Waals surface area contributed by atoms with E-state index in [1.54, 1.807) is 0 Å². The largest absolute Gasteiger partial charge is 0.697 e. The summed E-state index contributed by atoms with van der Waals surface area (Å²) in [5, 5.41) is 0. The molecule has 0 aromatic rings. The van der Waals surface area contributed by atoms with Gasteiger partial charge in [0.2, 0.25) is 0 Å². The van der Waals surface area contributed by atoms with Crippen LogP contribution in [0.1, 0.15) is 53.4 Å². The van der Waals surface area contributed by atoms with E-state index < -0.39 is 16.5 Å². The van der Waals surface area contributed by atoms with Gasteiger partial charge in [0.25, 0.3) is 0 Å². The van der Waals surface area contributed by atoms with Gasteiger partial charge in [-0.05, 0) is 11.8 Å². The van der Waals surface area contributed by atoms with Crippen molar-refractivity contribution in [1.82, 2.24) is 0 Å². The van der Waals surface area contributed by atoms with E-state index >= 15 is 0 Å². The molecule has 0 rings (SSSR count). The van der Waals surface area contributed by atoms with Crippen LogP contribution in [0.5, 0.6) is 0 Å². The van der Waals surface area contributed by atoms with E-state index in [0.717, 1.165) is 25.7 Å². The predicted molar refractivity (Wildman–Crippen MR) is 79.7 cm³/mol. The first-order valence-electron chi connectivity index (χ1n) is 6.99. The number of hydrogen-bond donors (Lipinski definition) is 2. The van der Waals surface area contributed by atoms with Gasteiger partial charge < -0.3 is 0 Å². The maximum Gasteiger partial charge on any atom is 0.697 e. The van der Waals surface area contributed by atoms with Crippen molar-refractivity contribution in [1.29, 1.82) is 0 Å². The molecule has 6 nitrogen and oxygen atoms in total. The second kappa shape index (κ2) is 15.4. The minimum absolute atomic E-state index is 0.496. The number of rotatable bonds is 10. The topological polar surface area (TPSA) is 93.1 Å². The van der Waals surface area contributed by atoms with Gasteiger partial charge in [-0.3, -0.25) is 0 Å². The predicted octanol–water partition coefficient (Wildman–Crippen LogP) is 4.18. The van der Waals surface area contributed by atoms with Crippen LogP contribution in [0.2, 0.25) is 0 Å². The number of hydrogen-bond acceptors (Lipinski definition) is 4. The van der Waals surface area contributed by atoms with Crippen molar-refractivity contribution >= 4 is 16.5 Å². The molecule has 0 bridgehead atoms. The fraction of sp³-hybridized carbons (Fsp3) is 1.00. The molecule has 0 unspecified atom stereocenters. The lowest BCUT2D eigenvalue weighted by molar-refractivity contribution is 0.171. The van der Waals surface area contributed by atoms with Crippen molar-refractivity contribution in [3.8, 4) is 0 Å². The molecule has 2 N–H and O–H groups in total. The lowest BCUT2D eigenvalue weighted by atomic mass is 10.1. The molecule has 0 aliphatic carbocycles. The Morgan fingerprint density at radius 3 is 1.25 bits per heavy atom. The summed E-state index contributed by atoms with van der Waals surface area (Å²) < 4.78 is 30.5. The highest BCUT2D eigenvalue weighted by Gasteiger charge is 2.23. The zero-order valence-electron chi connectivity index (χ0n) is 12.8. The van der Waals surface area contributed by atoms with Crippen LogP contribution in [0.15, 0.2) is 0 Å². The van der Waals surface area contributed by atoms with E-state index in [2.05, 4.69) is 27.7 Å². The molecule has 0 amide bonds. The smallest absolute Gasteiger partial charge is 0.134 e. The van der Waals surface area contributed by atoms with E-state index in [1.807, 2.05) is 0 Å². The molecule has 0 heterocycles. The zero-order chi connectivity index (χ0) is 16.0. The van der Waals surface area contributed by atoms with Gasteiger partial charge in [-0.25, -0.2) is 0 Å². The summed E-state index contributed by atoms with van der Waals surface area (Å²) in [6, 6.07) is 0. The maximum atomic E-state index is 11.4. The van der Waals surface area contributed by atoms with E-state index in [4.69, 9.17) is 23.4 Å². The van der Waals surface area contributed by atoms with Crippen molar-refractivity contribution in [3.63, 3.8) is 0 Å². The van der Waals surface area contributed by atoms with Gasteiger partial charge in [-0.15, -0.1) is 18.8 Å². The molecule has 0 fully saturated rings. The van der Waals surface area contributed by atoms with Crippen LogP contribution < -0.4 is 0 Å². The Morgan fingerprint density at radius 2 is 1.05 bits per heavy atom. The Morgan fingerprint density at radius 1 is 0.800 bits per heavy atom. The summed E-state index contributed by atoms with van der Waals surface area (Å²) in [4.78, 5) is 14.2. The second-order valence-corrected chi connectivity index (χ2v) is 5.90. The molecule has 0 aliphatic rings. The molecule has 120 valence electrons. The van der Waals surface area contributed by atoms with Gasteiger partial charge in [0, 0.05) is 9.13 Å². The first-order valence-corrected chi connectivity index (χ1v) is 9.25. The van der Waals surface area contributed by atoms with Gasteiger partial charge in [0.1, 0.15) is 13.2 Å². The highest BCUT2D eigenvalue weighted by Crippen LogP contribution is 2.27. The van der Waals surface area contributed by atoms with Gasteiger partial charge in [-0.2, -0.15) is 0 Å². The van der Waals surface area contributed by atoms with E-state index in [1.165, 1.54) is 0 Å². The van der Waals surface area contributed by atoms with Crippen LogP contribution in [0.4, 0.5) is 0 Å². The maximum absolute atomic E-state index is 11.4. The molecule has 0 spiro atoms. The average Bonchev–Trinajstić information content (AvgIpc) is 2.40. The third-order valence-corrected chi connectivity index (χ3v) is 3.86. The fourth-order valence-electron chi connectivity index (χ4n) is 1.42. The van der Waals surface area contributed by atoms with Crippen LogP contribution in [-0.2, 0) is 18.2 Å². The van der Waals surface area contributed by atoms with E-state index in [0.29, 0.717) is 25.0 Å². The van der Waals surface area contributed by atoms with Gasteiger partial charge >= 0.3 is 16.5 Å². The highest BCUT2D eigenvalue weighted by molar-refractivity contribution is 7.33. The van der Waals surface area contributed by atoms with Crippen LogP contribution in [0.3, 0.4) is 0 Å². The normalized spacial score (nSPS) is 10.4. The fourth-order valence-corrected chi connectivity index (χ4v) is 2.16. The van der Waals surface area contributed by atoms with Crippen molar-refractivity contribution in [2.45, 2.75) is 53.4 Å². The van der Waals surface area contributed by atoms with Gasteiger partial charge in [0.15, 0.2) is 0 Å². The monoisotopic (exact) mass is 330 g/mol. The zero-order valence-corrected chi connectivity index (χ0v) is 14.6. The average molecular weight is 330 g/mol. The molecule has 20 heavy (non-hydrogen) atoms. The molecule has 0 atom stereocenters. The molecule has 0 aliphatic heterocycles. The molecular formula is C12H28O6P2+2. The van der Waals surface area contributed by atoms with Crippen LogP contribution in [-0.4, -0.2) is 23.0 Å². The minimum atomic E-state index is -2.87. The first-order chi connectivity index (χ1) is 9.40. The van der Waals surface area contributed by atoms with Crippen LogP contribution in [0.25, 0.3) is 0 Å². The van der Waals surface area contributed by atoms with Crippen LogP contribution in [0, 0.1) is 11.8 Å². The molecule has 0 saturated heterocycles. The molecule has 0 aromatic carbocycles. The third kappa shape index (κ3) is 16.1. The Balaban J connectivity index is 0.